The summed E-state index contributed by atoms with van der Waals surface area (Å²) in [6, 6.07) is 18.1. The van der Waals surface area contributed by atoms with Gasteiger partial charge >= 0.3 is 0 Å². The van der Waals surface area contributed by atoms with Crippen LogP contribution in [0.25, 0.3) is 6.08 Å². The zero-order valence-electron chi connectivity index (χ0n) is 18.6. The van der Waals surface area contributed by atoms with E-state index in [1.165, 1.54) is 29.5 Å². The summed E-state index contributed by atoms with van der Waals surface area (Å²) in [5.41, 5.74) is 3.63. The van der Waals surface area contributed by atoms with E-state index in [-0.39, 0.29) is 23.7 Å². The SMILES string of the molecule is CCc1ccc(N[C@H]2NC(=O)/C(=C/c3cc(Br)c(OCc4ccc([N+](=O)[O-])cc4)c(Br)c3)S2)cc1. The van der Waals surface area contributed by atoms with Crippen LogP contribution in [0.3, 0.4) is 0 Å². The molecule has 3 aromatic rings. The Balaban J connectivity index is 1.42. The fraction of sp³-hybridized carbons (Fsp3) is 0.160. The normalized spacial score (nSPS) is 16.3. The van der Waals surface area contributed by atoms with Crippen molar-refractivity contribution in [2.45, 2.75) is 25.4 Å². The van der Waals surface area contributed by atoms with Crippen molar-refractivity contribution in [3.8, 4) is 5.75 Å². The summed E-state index contributed by atoms with van der Waals surface area (Å²) in [7, 11) is 0. The number of benzene rings is 3. The van der Waals surface area contributed by atoms with Crippen LogP contribution in [0.2, 0.25) is 0 Å². The maximum absolute atomic E-state index is 12.5. The van der Waals surface area contributed by atoms with Gasteiger partial charge in [-0.1, -0.05) is 30.8 Å². The first-order valence-electron chi connectivity index (χ1n) is 10.7. The molecule has 7 nitrogen and oxygen atoms in total. The summed E-state index contributed by atoms with van der Waals surface area (Å²) in [5.74, 6) is 0.465. The van der Waals surface area contributed by atoms with Crippen LogP contribution >= 0.6 is 43.6 Å². The molecular weight excluding hydrogens is 598 g/mol. The highest BCUT2D eigenvalue weighted by molar-refractivity contribution is 9.11. The lowest BCUT2D eigenvalue weighted by Gasteiger charge is -2.13. The van der Waals surface area contributed by atoms with Crippen LogP contribution in [0.4, 0.5) is 11.4 Å². The molecule has 2 N–H and O–H groups in total. The van der Waals surface area contributed by atoms with Gasteiger partial charge in [-0.25, -0.2) is 0 Å². The first-order chi connectivity index (χ1) is 16.8. The number of nitrogens with zero attached hydrogens (tertiary/aromatic N) is 1. The second kappa shape index (κ2) is 11.3. The molecule has 1 aliphatic heterocycles. The minimum atomic E-state index is -0.435. The van der Waals surface area contributed by atoms with Crippen molar-refractivity contribution in [3.63, 3.8) is 0 Å². The number of non-ortho nitro benzene ring substituents is 1. The fourth-order valence-electron chi connectivity index (χ4n) is 3.37. The molecule has 1 aliphatic rings. The largest absolute Gasteiger partial charge is 0.487 e. The Morgan fingerprint density at radius 2 is 1.71 bits per heavy atom. The van der Waals surface area contributed by atoms with E-state index in [1.807, 2.05) is 30.3 Å². The second-order valence-corrected chi connectivity index (χ2v) is 10.6. The maximum atomic E-state index is 12.5. The molecule has 1 fully saturated rings. The molecule has 0 aliphatic carbocycles. The number of thioether (sulfide) groups is 1. The molecule has 1 heterocycles. The zero-order chi connectivity index (χ0) is 24.9. The maximum Gasteiger partial charge on any atom is 0.269 e. The minimum absolute atomic E-state index is 0.0363. The summed E-state index contributed by atoms with van der Waals surface area (Å²) in [4.78, 5) is 23.5. The number of nitrogens with one attached hydrogen (secondary N) is 2. The summed E-state index contributed by atoms with van der Waals surface area (Å²) >= 11 is 8.51. The van der Waals surface area contributed by atoms with Crippen LogP contribution in [0.1, 0.15) is 23.6 Å². The number of rotatable bonds is 8. The number of hydrogen-bond donors (Lipinski definition) is 2. The van der Waals surface area contributed by atoms with E-state index in [9.17, 15) is 14.9 Å². The first kappa shape index (κ1) is 25.3. The number of carbonyl (C=O) groups excluding carboxylic acids is 1. The number of anilines is 1. The average Bonchev–Trinajstić information content (AvgIpc) is 3.17. The van der Waals surface area contributed by atoms with Crippen molar-refractivity contribution >= 4 is 67.0 Å². The topological polar surface area (TPSA) is 93.5 Å². The zero-order valence-corrected chi connectivity index (χ0v) is 22.6. The third kappa shape index (κ3) is 6.45. The minimum Gasteiger partial charge on any atom is -0.487 e. The summed E-state index contributed by atoms with van der Waals surface area (Å²) in [6.07, 6.45) is 2.81. The van der Waals surface area contributed by atoms with E-state index in [2.05, 4.69) is 61.5 Å². The van der Waals surface area contributed by atoms with Gasteiger partial charge in [-0.2, -0.15) is 0 Å². The predicted octanol–water partition coefficient (Wildman–Crippen LogP) is 6.86. The standard InChI is InChI=1S/C25H21Br2N3O4S/c1-2-15-3-7-18(8-4-15)28-25-29-24(31)22(35-25)13-17-11-20(26)23(21(27)12-17)34-14-16-5-9-19(10-6-16)30(32)33/h3-13,25,28H,2,14H2,1H3,(H,29,31)/b22-13-/t25-/m0/s1. The van der Waals surface area contributed by atoms with E-state index in [1.54, 1.807) is 12.1 Å². The van der Waals surface area contributed by atoms with Crippen LogP contribution in [-0.4, -0.2) is 16.3 Å². The molecule has 1 saturated heterocycles. The fourth-order valence-corrected chi connectivity index (χ4v) is 5.81. The van der Waals surface area contributed by atoms with Gasteiger partial charge in [-0.15, -0.1) is 0 Å². The molecule has 180 valence electrons. The van der Waals surface area contributed by atoms with Crippen molar-refractivity contribution in [2.75, 3.05) is 5.32 Å². The van der Waals surface area contributed by atoms with Gasteiger partial charge in [0.25, 0.3) is 11.6 Å². The number of halogens is 2. The second-order valence-electron chi connectivity index (χ2n) is 7.70. The molecular formula is C25H21Br2N3O4S. The number of carbonyl (C=O) groups is 1. The highest BCUT2D eigenvalue weighted by Crippen LogP contribution is 2.37. The van der Waals surface area contributed by atoms with E-state index in [0.29, 0.717) is 10.7 Å². The summed E-state index contributed by atoms with van der Waals surface area (Å²) in [5, 5.41) is 17.1. The molecule has 0 aromatic heterocycles. The number of nitro benzene ring substituents is 1. The van der Waals surface area contributed by atoms with Crippen LogP contribution in [0.15, 0.2) is 74.5 Å². The Morgan fingerprint density at radius 3 is 2.31 bits per heavy atom. The molecule has 1 amide bonds. The highest BCUT2D eigenvalue weighted by atomic mass is 79.9. The number of aryl methyl sites for hydroxylation is 1. The number of ether oxygens (including phenoxy) is 1. The Bertz CT molecular complexity index is 1260. The van der Waals surface area contributed by atoms with E-state index in [4.69, 9.17) is 4.74 Å². The quantitative estimate of drug-likeness (QED) is 0.163. The van der Waals surface area contributed by atoms with Gasteiger partial charge in [0.05, 0.1) is 18.8 Å². The lowest BCUT2D eigenvalue weighted by Crippen LogP contribution is -2.30. The van der Waals surface area contributed by atoms with Gasteiger partial charge in [0.15, 0.2) is 5.50 Å². The van der Waals surface area contributed by atoms with E-state index >= 15 is 0 Å². The molecule has 0 bridgehead atoms. The van der Waals surface area contributed by atoms with Crippen molar-refractivity contribution in [3.05, 3.63) is 101 Å². The van der Waals surface area contributed by atoms with Gasteiger partial charge in [0.2, 0.25) is 0 Å². The van der Waals surface area contributed by atoms with Gasteiger partial charge < -0.3 is 15.4 Å². The van der Waals surface area contributed by atoms with Crippen molar-refractivity contribution in [1.82, 2.24) is 5.32 Å². The predicted molar refractivity (Wildman–Crippen MR) is 146 cm³/mol. The third-order valence-corrected chi connectivity index (χ3v) is 7.45. The Hall–Kier alpha value is -2.82. The van der Waals surface area contributed by atoms with Gasteiger partial charge in [-0.05, 0) is 97.4 Å². The molecule has 0 radical (unpaired) electrons. The van der Waals surface area contributed by atoms with E-state index < -0.39 is 4.92 Å². The third-order valence-electron chi connectivity index (χ3n) is 5.24. The lowest BCUT2D eigenvalue weighted by atomic mass is 10.1. The van der Waals surface area contributed by atoms with Crippen molar-refractivity contribution < 1.29 is 14.5 Å². The molecule has 10 heteroatoms. The molecule has 0 spiro atoms. The smallest absolute Gasteiger partial charge is 0.269 e. The molecule has 35 heavy (non-hydrogen) atoms. The van der Waals surface area contributed by atoms with Gasteiger partial charge in [0.1, 0.15) is 12.4 Å². The molecule has 0 saturated carbocycles. The summed E-state index contributed by atoms with van der Waals surface area (Å²) in [6.45, 7) is 2.36. The number of amides is 1. The Labute approximate surface area is 223 Å². The van der Waals surface area contributed by atoms with Crippen LogP contribution < -0.4 is 15.4 Å². The molecule has 1 atom stereocenters. The van der Waals surface area contributed by atoms with Crippen LogP contribution in [-0.2, 0) is 17.8 Å². The van der Waals surface area contributed by atoms with Crippen LogP contribution in [0.5, 0.6) is 5.75 Å². The Morgan fingerprint density at radius 1 is 1.09 bits per heavy atom. The van der Waals surface area contributed by atoms with Crippen molar-refractivity contribution in [2.24, 2.45) is 0 Å². The van der Waals surface area contributed by atoms with Gasteiger partial charge in [0, 0.05) is 17.8 Å². The molecule has 3 aromatic carbocycles. The number of hydrogen-bond acceptors (Lipinski definition) is 6. The van der Waals surface area contributed by atoms with Crippen LogP contribution in [0, 0.1) is 10.1 Å². The molecule has 4 rings (SSSR count). The average molecular weight is 619 g/mol. The summed E-state index contributed by atoms with van der Waals surface area (Å²) < 4.78 is 7.36. The molecule has 0 unspecified atom stereocenters. The van der Waals surface area contributed by atoms with E-state index in [0.717, 1.165) is 32.2 Å². The first-order valence-corrected chi connectivity index (χ1v) is 13.2. The highest BCUT2D eigenvalue weighted by Gasteiger charge is 2.27. The Kier molecular flexibility index (Phi) is 8.15. The van der Waals surface area contributed by atoms with Crippen molar-refractivity contribution in [1.29, 1.82) is 0 Å². The monoisotopic (exact) mass is 617 g/mol. The van der Waals surface area contributed by atoms with Gasteiger partial charge in [-0.3, -0.25) is 14.9 Å². The number of nitro groups is 1. The lowest BCUT2D eigenvalue weighted by molar-refractivity contribution is -0.384.